The summed E-state index contributed by atoms with van der Waals surface area (Å²) >= 11 is 0. The molecule has 1 heterocycles. The molecular weight excluding hydrogens is 504 g/mol. The van der Waals surface area contributed by atoms with Gasteiger partial charge in [-0.1, -0.05) is 12.1 Å². The predicted molar refractivity (Wildman–Crippen MR) is 139 cm³/mol. The van der Waals surface area contributed by atoms with E-state index in [0.29, 0.717) is 16.7 Å². The Kier molecular flexibility index (Phi) is 5.39. The van der Waals surface area contributed by atoms with Crippen LogP contribution in [0.5, 0.6) is 40.2 Å². The number of benzene rings is 4. The summed E-state index contributed by atoms with van der Waals surface area (Å²) in [7, 11) is 2.83. The lowest BCUT2D eigenvalue weighted by Crippen LogP contribution is -2.32. The van der Waals surface area contributed by atoms with Gasteiger partial charge in [0.15, 0.2) is 23.0 Å². The number of hydrogen-bond acceptors (Lipinski definition) is 9. The monoisotopic (exact) mass is 526 g/mol. The predicted octanol–water partition coefficient (Wildman–Crippen LogP) is 4.73. The lowest BCUT2D eigenvalue weighted by Gasteiger charge is -2.34. The average Bonchev–Trinajstić information content (AvgIpc) is 2.93. The van der Waals surface area contributed by atoms with E-state index in [0.717, 1.165) is 5.56 Å². The highest BCUT2D eigenvalue weighted by molar-refractivity contribution is 6.31. The number of methoxy groups -OCH3 is 2. The van der Waals surface area contributed by atoms with Crippen molar-refractivity contribution in [2.24, 2.45) is 0 Å². The number of phenols is 4. The zero-order valence-electron chi connectivity index (χ0n) is 20.8. The summed E-state index contributed by atoms with van der Waals surface area (Å²) < 4.78 is 16.5. The molecule has 0 fully saturated rings. The van der Waals surface area contributed by atoms with Crippen molar-refractivity contribution in [3.63, 3.8) is 0 Å². The van der Waals surface area contributed by atoms with Gasteiger partial charge in [-0.05, 0) is 59.8 Å². The third-order valence-electron chi connectivity index (χ3n) is 7.22. The number of phenolic OH excluding ortho intramolecular Hbond substituents is 4. The Morgan fingerprint density at radius 1 is 0.821 bits per heavy atom. The molecule has 2 aliphatic rings. The molecule has 0 aromatic heterocycles. The van der Waals surface area contributed by atoms with Gasteiger partial charge in [-0.2, -0.15) is 0 Å². The standard InChI is InChI=1S/C30H22O9/c1-37-15-6-3-13(4-7-15)9-18-19-11-22(33)26(35)30(38-2)28(19)39-29-24(18)27(36)23-16-8-5-14(31)10-17(16)21(32)12-20(23)25(29)34/h3-8,10-12,18,31-33,35H,9H2,1-2H3/t18-/m0/s1. The molecule has 39 heavy (non-hydrogen) atoms. The van der Waals surface area contributed by atoms with Crippen molar-refractivity contribution in [2.75, 3.05) is 14.2 Å². The Bertz CT molecular complexity index is 1750. The first-order valence-electron chi connectivity index (χ1n) is 12.0. The maximum absolute atomic E-state index is 14.2. The van der Waals surface area contributed by atoms with E-state index in [2.05, 4.69) is 0 Å². The van der Waals surface area contributed by atoms with Crippen LogP contribution in [0.2, 0.25) is 0 Å². The fraction of sp³-hybridized carbons (Fsp3) is 0.133. The van der Waals surface area contributed by atoms with Crippen LogP contribution in [0.15, 0.2) is 65.9 Å². The number of ether oxygens (including phenoxy) is 3. The number of fused-ring (bicyclic) bond motifs is 4. The Morgan fingerprint density at radius 3 is 2.26 bits per heavy atom. The van der Waals surface area contributed by atoms with E-state index in [4.69, 9.17) is 14.2 Å². The zero-order valence-corrected chi connectivity index (χ0v) is 20.8. The van der Waals surface area contributed by atoms with Gasteiger partial charge in [-0.15, -0.1) is 0 Å². The Balaban J connectivity index is 1.60. The van der Waals surface area contributed by atoms with E-state index in [-0.39, 0.29) is 57.3 Å². The van der Waals surface area contributed by atoms with Crippen molar-refractivity contribution in [3.8, 4) is 40.2 Å². The van der Waals surface area contributed by atoms with Crippen LogP contribution >= 0.6 is 0 Å². The summed E-state index contributed by atoms with van der Waals surface area (Å²) in [5.74, 6) is -3.12. The molecule has 0 bridgehead atoms. The van der Waals surface area contributed by atoms with Crippen LogP contribution in [0.4, 0.5) is 0 Å². The highest BCUT2D eigenvalue weighted by Crippen LogP contribution is 2.55. The van der Waals surface area contributed by atoms with Crippen molar-refractivity contribution in [1.82, 2.24) is 0 Å². The molecule has 9 nitrogen and oxygen atoms in total. The quantitative estimate of drug-likeness (QED) is 0.278. The van der Waals surface area contributed by atoms with Gasteiger partial charge in [0.25, 0.3) is 0 Å². The largest absolute Gasteiger partial charge is 0.508 e. The van der Waals surface area contributed by atoms with Crippen LogP contribution in [-0.4, -0.2) is 46.2 Å². The second kappa shape index (κ2) is 8.70. The van der Waals surface area contributed by atoms with Gasteiger partial charge >= 0.3 is 0 Å². The lowest BCUT2D eigenvalue weighted by molar-refractivity contribution is 0.0924. The Morgan fingerprint density at radius 2 is 1.56 bits per heavy atom. The minimum atomic E-state index is -0.775. The SMILES string of the molecule is COc1ccc(C[C@@H]2C3=C(Oc4c2cc(O)c(O)c4OC)C(=O)c2cc(O)c4cc(O)ccc4c2C3=O)cc1. The fourth-order valence-electron chi connectivity index (χ4n) is 5.37. The molecule has 4 N–H and O–H groups in total. The number of carbonyl (C=O) groups excluding carboxylic acids is 2. The smallest absolute Gasteiger partial charge is 0.229 e. The van der Waals surface area contributed by atoms with Crippen molar-refractivity contribution in [3.05, 3.63) is 88.2 Å². The maximum Gasteiger partial charge on any atom is 0.229 e. The van der Waals surface area contributed by atoms with Crippen molar-refractivity contribution in [1.29, 1.82) is 0 Å². The molecule has 0 radical (unpaired) electrons. The van der Waals surface area contributed by atoms with E-state index < -0.39 is 29.0 Å². The lowest BCUT2D eigenvalue weighted by atomic mass is 9.74. The molecule has 196 valence electrons. The molecule has 0 saturated heterocycles. The number of carbonyl (C=O) groups is 2. The van der Waals surface area contributed by atoms with Crippen LogP contribution in [0.3, 0.4) is 0 Å². The van der Waals surface area contributed by atoms with Crippen LogP contribution in [-0.2, 0) is 6.42 Å². The van der Waals surface area contributed by atoms with Gasteiger partial charge in [-0.25, -0.2) is 0 Å². The first-order valence-corrected chi connectivity index (χ1v) is 12.0. The van der Waals surface area contributed by atoms with E-state index in [9.17, 15) is 30.0 Å². The van der Waals surface area contributed by atoms with Crippen molar-refractivity contribution < 1.29 is 44.2 Å². The minimum Gasteiger partial charge on any atom is -0.508 e. The molecule has 6 rings (SSSR count). The van der Waals surface area contributed by atoms with Gasteiger partial charge in [0.05, 0.1) is 19.8 Å². The second-order valence-corrected chi connectivity index (χ2v) is 9.35. The Labute approximate surface area is 221 Å². The van der Waals surface area contributed by atoms with E-state index in [1.807, 2.05) is 12.1 Å². The van der Waals surface area contributed by atoms with Crippen LogP contribution in [0, 0.1) is 0 Å². The molecule has 0 spiro atoms. The first kappa shape index (κ1) is 24.2. The number of Topliss-reactive ketones (excluding diaryl/α,β-unsaturated/α-hetero) is 2. The third kappa shape index (κ3) is 3.54. The average molecular weight is 526 g/mol. The van der Waals surface area contributed by atoms with E-state index in [1.165, 1.54) is 37.4 Å². The van der Waals surface area contributed by atoms with Crippen LogP contribution in [0.25, 0.3) is 10.8 Å². The highest BCUT2D eigenvalue weighted by atomic mass is 16.5. The number of aromatic hydroxyl groups is 4. The van der Waals surface area contributed by atoms with Gasteiger partial charge in [0.2, 0.25) is 17.3 Å². The number of allylic oxidation sites excluding steroid dienone is 2. The number of ketones is 2. The summed E-state index contributed by atoms with van der Waals surface area (Å²) in [6.45, 7) is 0. The summed E-state index contributed by atoms with van der Waals surface area (Å²) in [5, 5.41) is 42.0. The molecule has 1 aliphatic carbocycles. The molecule has 9 heteroatoms. The maximum atomic E-state index is 14.2. The summed E-state index contributed by atoms with van der Waals surface area (Å²) in [4.78, 5) is 28.1. The Hall–Kier alpha value is -5.18. The number of rotatable bonds is 4. The van der Waals surface area contributed by atoms with Crippen molar-refractivity contribution in [2.45, 2.75) is 12.3 Å². The molecule has 1 atom stereocenters. The first-order chi connectivity index (χ1) is 18.7. The van der Waals surface area contributed by atoms with Crippen LogP contribution < -0.4 is 14.2 Å². The summed E-state index contributed by atoms with van der Waals surface area (Å²) in [6, 6.07) is 13.8. The molecule has 1 aliphatic heterocycles. The van der Waals surface area contributed by atoms with Gasteiger partial charge in [0.1, 0.15) is 17.2 Å². The second-order valence-electron chi connectivity index (χ2n) is 9.35. The highest BCUT2D eigenvalue weighted by Gasteiger charge is 2.45. The molecule has 0 saturated carbocycles. The van der Waals surface area contributed by atoms with Crippen molar-refractivity contribution >= 4 is 22.3 Å². The van der Waals surface area contributed by atoms with Gasteiger partial charge in [0, 0.05) is 28.0 Å². The topological polar surface area (TPSA) is 143 Å². The molecule has 4 aromatic rings. The number of hydrogen-bond donors (Lipinski definition) is 4. The zero-order chi connectivity index (χ0) is 27.6. The molecule has 4 aromatic carbocycles. The van der Waals surface area contributed by atoms with E-state index >= 15 is 0 Å². The summed E-state index contributed by atoms with van der Waals surface area (Å²) in [5.41, 5.74) is 1.25. The fourth-order valence-corrected chi connectivity index (χ4v) is 5.37. The van der Waals surface area contributed by atoms with Crippen LogP contribution in [0.1, 0.15) is 37.8 Å². The minimum absolute atomic E-state index is 0.00425. The summed E-state index contributed by atoms with van der Waals surface area (Å²) in [6.07, 6.45) is 0.234. The van der Waals surface area contributed by atoms with E-state index in [1.54, 1.807) is 19.2 Å². The third-order valence-corrected chi connectivity index (χ3v) is 7.22. The van der Waals surface area contributed by atoms with Gasteiger partial charge in [-0.3, -0.25) is 9.59 Å². The van der Waals surface area contributed by atoms with Gasteiger partial charge < -0.3 is 34.6 Å². The molecule has 0 amide bonds. The molecular formula is C30H22O9. The molecule has 0 unspecified atom stereocenters. The normalized spacial score (nSPS) is 15.9.